The molecule has 66 valence electrons. The lowest BCUT2D eigenvalue weighted by molar-refractivity contribution is -0.127. The second kappa shape index (κ2) is 3.86. The summed E-state index contributed by atoms with van der Waals surface area (Å²) in [5, 5.41) is 0. The van der Waals surface area contributed by atoms with Crippen LogP contribution >= 0.6 is 0 Å². The molecule has 0 aromatic rings. The van der Waals surface area contributed by atoms with Gasteiger partial charge in [0, 0.05) is 5.92 Å². The summed E-state index contributed by atoms with van der Waals surface area (Å²) in [5.74, 6) is 0.238. The zero-order chi connectivity index (χ0) is 9.07. The largest absolute Gasteiger partial charge is 0.319 e. The first-order chi connectivity index (χ1) is 4.98. The molecule has 0 rings (SSSR count). The third-order valence-electron chi connectivity index (χ3n) is 2.28. The SMILES string of the molecule is CCC(N)(CC)C(=O)C(C)C. The van der Waals surface area contributed by atoms with E-state index in [2.05, 4.69) is 0 Å². The summed E-state index contributed by atoms with van der Waals surface area (Å²) in [5.41, 5.74) is 5.32. The van der Waals surface area contributed by atoms with Gasteiger partial charge in [-0.05, 0) is 12.8 Å². The van der Waals surface area contributed by atoms with Crippen molar-refractivity contribution >= 4 is 5.78 Å². The van der Waals surface area contributed by atoms with Crippen molar-refractivity contribution in [1.29, 1.82) is 0 Å². The van der Waals surface area contributed by atoms with Crippen molar-refractivity contribution in [2.45, 2.75) is 46.1 Å². The average Bonchev–Trinajstić information content (AvgIpc) is 2.01. The number of Topliss-reactive ketones (excluding diaryl/α,β-unsaturated/α-hetero) is 1. The quantitative estimate of drug-likeness (QED) is 0.675. The van der Waals surface area contributed by atoms with Crippen molar-refractivity contribution in [3.8, 4) is 0 Å². The molecular formula is C9H19NO. The second-order valence-electron chi connectivity index (χ2n) is 3.38. The summed E-state index contributed by atoms with van der Waals surface area (Å²) in [4.78, 5) is 11.5. The van der Waals surface area contributed by atoms with Gasteiger partial charge in [0.25, 0.3) is 0 Å². The summed E-state index contributed by atoms with van der Waals surface area (Å²) in [6.45, 7) is 7.72. The van der Waals surface area contributed by atoms with Gasteiger partial charge in [-0.2, -0.15) is 0 Å². The number of hydrogen-bond acceptors (Lipinski definition) is 2. The summed E-state index contributed by atoms with van der Waals surface area (Å²) < 4.78 is 0. The van der Waals surface area contributed by atoms with Crippen LogP contribution in [0.4, 0.5) is 0 Å². The van der Waals surface area contributed by atoms with Crippen LogP contribution in [-0.2, 0) is 4.79 Å². The van der Waals surface area contributed by atoms with Gasteiger partial charge >= 0.3 is 0 Å². The minimum Gasteiger partial charge on any atom is -0.319 e. The number of carbonyl (C=O) groups is 1. The number of hydrogen-bond donors (Lipinski definition) is 1. The first-order valence-electron chi connectivity index (χ1n) is 4.31. The molecule has 11 heavy (non-hydrogen) atoms. The lowest BCUT2D eigenvalue weighted by Gasteiger charge is -2.26. The first-order valence-corrected chi connectivity index (χ1v) is 4.31. The van der Waals surface area contributed by atoms with E-state index in [9.17, 15) is 4.79 Å². The van der Waals surface area contributed by atoms with Crippen LogP contribution in [0.25, 0.3) is 0 Å². The van der Waals surface area contributed by atoms with Gasteiger partial charge in [-0.15, -0.1) is 0 Å². The highest BCUT2D eigenvalue weighted by Crippen LogP contribution is 2.16. The van der Waals surface area contributed by atoms with Gasteiger partial charge in [0.2, 0.25) is 0 Å². The molecule has 0 bridgehead atoms. The summed E-state index contributed by atoms with van der Waals surface area (Å²) in [6.07, 6.45) is 1.47. The third-order valence-corrected chi connectivity index (χ3v) is 2.28. The number of nitrogens with two attached hydrogens (primary N) is 1. The molecule has 2 nitrogen and oxygen atoms in total. The Hall–Kier alpha value is -0.370. The third kappa shape index (κ3) is 2.29. The first kappa shape index (κ1) is 10.6. The van der Waals surface area contributed by atoms with Gasteiger partial charge in [0.1, 0.15) is 0 Å². The minimum atomic E-state index is -0.575. The van der Waals surface area contributed by atoms with E-state index >= 15 is 0 Å². The van der Waals surface area contributed by atoms with E-state index in [0.717, 1.165) is 12.8 Å². The van der Waals surface area contributed by atoms with Gasteiger partial charge in [-0.1, -0.05) is 27.7 Å². The minimum absolute atomic E-state index is 0.0555. The van der Waals surface area contributed by atoms with Crippen LogP contribution in [0.2, 0.25) is 0 Å². The Morgan fingerprint density at radius 3 is 1.82 bits per heavy atom. The Balaban J connectivity index is 4.37. The predicted octanol–water partition coefficient (Wildman–Crippen LogP) is 1.73. The van der Waals surface area contributed by atoms with E-state index in [0.29, 0.717) is 0 Å². The Bertz CT molecular complexity index is 136. The van der Waals surface area contributed by atoms with E-state index in [4.69, 9.17) is 5.73 Å². The molecule has 0 aromatic carbocycles. The van der Waals surface area contributed by atoms with Crippen LogP contribution in [-0.4, -0.2) is 11.3 Å². The van der Waals surface area contributed by atoms with E-state index in [-0.39, 0.29) is 11.7 Å². The average molecular weight is 157 g/mol. The van der Waals surface area contributed by atoms with Crippen LogP contribution in [0.15, 0.2) is 0 Å². The predicted molar refractivity (Wildman–Crippen MR) is 47.3 cm³/mol. The van der Waals surface area contributed by atoms with E-state index in [1.165, 1.54) is 0 Å². The molecule has 0 aliphatic heterocycles. The molecule has 0 fully saturated rings. The lowest BCUT2D eigenvalue weighted by atomic mass is 9.84. The van der Waals surface area contributed by atoms with Crippen LogP contribution in [0.1, 0.15) is 40.5 Å². The highest BCUT2D eigenvalue weighted by Gasteiger charge is 2.31. The van der Waals surface area contributed by atoms with Gasteiger partial charge in [-0.3, -0.25) is 4.79 Å². The summed E-state index contributed by atoms with van der Waals surface area (Å²) in [7, 11) is 0. The molecule has 0 heterocycles. The number of ketones is 1. The Labute approximate surface area is 69.2 Å². The van der Waals surface area contributed by atoms with Gasteiger partial charge in [0.05, 0.1) is 5.54 Å². The summed E-state index contributed by atoms with van der Waals surface area (Å²) >= 11 is 0. The van der Waals surface area contributed by atoms with Gasteiger partial charge in [0.15, 0.2) is 5.78 Å². The smallest absolute Gasteiger partial charge is 0.155 e. The highest BCUT2D eigenvalue weighted by molar-refractivity contribution is 5.89. The van der Waals surface area contributed by atoms with E-state index in [1.54, 1.807) is 0 Å². The molecule has 2 N–H and O–H groups in total. The molecule has 0 aliphatic carbocycles. The fraction of sp³-hybridized carbons (Fsp3) is 0.889. The van der Waals surface area contributed by atoms with E-state index < -0.39 is 5.54 Å². The van der Waals surface area contributed by atoms with Crippen molar-refractivity contribution in [2.75, 3.05) is 0 Å². The van der Waals surface area contributed by atoms with Crippen LogP contribution < -0.4 is 5.73 Å². The maximum absolute atomic E-state index is 11.5. The maximum Gasteiger partial charge on any atom is 0.155 e. The van der Waals surface area contributed by atoms with Crippen molar-refractivity contribution in [3.63, 3.8) is 0 Å². The standard InChI is InChI=1S/C9H19NO/c1-5-9(10,6-2)8(11)7(3)4/h7H,5-6,10H2,1-4H3. The molecule has 0 spiro atoms. The molecular weight excluding hydrogens is 138 g/mol. The molecule has 0 amide bonds. The number of carbonyl (C=O) groups excluding carboxylic acids is 1. The van der Waals surface area contributed by atoms with Crippen molar-refractivity contribution in [3.05, 3.63) is 0 Å². The normalized spacial score (nSPS) is 12.2. The fourth-order valence-corrected chi connectivity index (χ4v) is 1.17. The summed E-state index contributed by atoms with van der Waals surface area (Å²) in [6, 6.07) is 0. The monoisotopic (exact) mass is 157 g/mol. The van der Waals surface area contributed by atoms with E-state index in [1.807, 2.05) is 27.7 Å². The lowest BCUT2D eigenvalue weighted by Crippen LogP contribution is -2.48. The molecule has 0 saturated heterocycles. The van der Waals surface area contributed by atoms with Crippen LogP contribution in [0, 0.1) is 5.92 Å². The molecule has 0 aromatic heterocycles. The highest BCUT2D eigenvalue weighted by atomic mass is 16.1. The van der Waals surface area contributed by atoms with Gasteiger partial charge in [-0.25, -0.2) is 0 Å². The van der Waals surface area contributed by atoms with Crippen molar-refractivity contribution in [1.82, 2.24) is 0 Å². The zero-order valence-electron chi connectivity index (χ0n) is 7.98. The van der Waals surface area contributed by atoms with Crippen LogP contribution in [0.5, 0.6) is 0 Å². The topological polar surface area (TPSA) is 43.1 Å². The molecule has 0 saturated carbocycles. The maximum atomic E-state index is 11.5. The number of rotatable bonds is 4. The zero-order valence-corrected chi connectivity index (χ0v) is 7.98. The Morgan fingerprint density at radius 1 is 1.36 bits per heavy atom. The molecule has 0 unspecified atom stereocenters. The molecule has 0 radical (unpaired) electrons. The van der Waals surface area contributed by atoms with Crippen LogP contribution in [0.3, 0.4) is 0 Å². The second-order valence-corrected chi connectivity index (χ2v) is 3.38. The molecule has 2 heteroatoms. The molecule has 0 atom stereocenters. The fourth-order valence-electron chi connectivity index (χ4n) is 1.17. The Kier molecular flexibility index (Phi) is 3.73. The Morgan fingerprint density at radius 2 is 1.73 bits per heavy atom. The molecule has 0 aliphatic rings. The van der Waals surface area contributed by atoms with Gasteiger partial charge < -0.3 is 5.73 Å². The van der Waals surface area contributed by atoms with Crippen molar-refractivity contribution < 1.29 is 4.79 Å². The van der Waals surface area contributed by atoms with Crippen molar-refractivity contribution in [2.24, 2.45) is 11.7 Å².